The van der Waals surface area contributed by atoms with Crippen molar-refractivity contribution in [1.29, 1.82) is 0 Å². The molecule has 0 aromatic heterocycles. The van der Waals surface area contributed by atoms with Gasteiger partial charge in [0.2, 0.25) is 5.91 Å². The third kappa shape index (κ3) is 7.75. The smallest absolute Gasteiger partial charge is 0.308 e. The molecule has 0 bridgehead atoms. The number of carboxylic acids is 1. The van der Waals surface area contributed by atoms with Crippen molar-refractivity contribution in [1.82, 2.24) is 5.32 Å². The van der Waals surface area contributed by atoms with Crippen LogP contribution in [0.5, 0.6) is 0 Å². The number of carboxylic acid groups (broad SMARTS) is 1. The Labute approximate surface area is 130 Å². The summed E-state index contributed by atoms with van der Waals surface area (Å²) >= 11 is 1.55. The van der Waals surface area contributed by atoms with Gasteiger partial charge >= 0.3 is 5.97 Å². The Bertz CT molecular complexity index is 468. The van der Waals surface area contributed by atoms with Crippen LogP contribution < -0.4 is 5.32 Å². The second-order valence-electron chi connectivity index (χ2n) is 5.93. The van der Waals surface area contributed by atoms with E-state index in [9.17, 15) is 14.7 Å². The second-order valence-corrected chi connectivity index (χ2v) is 7.73. The van der Waals surface area contributed by atoms with E-state index in [0.717, 1.165) is 5.56 Å². The lowest BCUT2D eigenvalue weighted by molar-refractivity contribution is -0.141. The minimum Gasteiger partial charge on any atom is -0.481 e. The first kappa shape index (κ1) is 17.6. The van der Waals surface area contributed by atoms with Crippen molar-refractivity contribution in [3.63, 3.8) is 0 Å². The van der Waals surface area contributed by atoms with E-state index in [1.54, 1.807) is 11.8 Å². The summed E-state index contributed by atoms with van der Waals surface area (Å²) < 4.78 is 0.0214. The first-order valence-corrected chi connectivity index (χ1v) is 7.94. The van der Waals surface area contributed by atoms with Crippen LogP contribution in [0.4, 0.5) is 0 Å². The Morgan fingerprint density at radius 1 is 1.24 bits per heavy atom. The van der Waals surface area contributed by atoms with Crippen LogP contribution in [-0.2, 0) is 16.0 Å². The van der Waals surface area contributed by atoms with E-state index in [1.165, 1.54) is 0 Å². The largest absolute Gasteiger partial charge is 0.481 e. The fraction of sp³-hybridized carbons (Fsp3) is 0.500. The summed E-state index contributed by atoms with van der Waals surface area (Å²) in [4.78, 5) is 23.0. The normalized spacial score (nSPS) is 12.7. The molecule has 1 aromatic carbocycles. The van der Waals surface area contributed by atoms with Crippen molar-refractivity contribution in [2.24, 2.45) is 5.92 Å². The number of nitrogens with one attached hydrogen (secondary N) is 1. The lowest BCUT2D eigenvalue weighted by atomic mass is 9.99. The Morgan fingerprint density at radius 3 is 2.38 bits per heavy atom. The summed E-state index contributed by atoms with van der Waals surface area (Å²) in [5.74, 6) is -1.26. The maximum Gasteiger partial charge on any atom is 0.308 e. The van der Waals surface area contributed by atoms with Crippen LogP contribution >= 0.6 is 11.8 Å². The van der Waals surface area contributed by atoms with E-state index in [4.69, 9.17) is 0 Å². The molecule has 116 valence electrons. The number of hydrogen-bond donors (Lipinski definition) is 2. The number of hydrogen-bond acceptors (Lipinski definition) is 3. The van der Waals surface area contributed by atoms with Crippen molar-refractivity contribution >= 4 is 23.6 Å². The zero-order valence-corrected chi connectivity index (χ0v) is 13.6. The zero-order chi connectivity index (χ0) is 15.9. The number of carbonyl (C=O) groups excluding carboxylic acids is 1. The van der Waals surface area contributed by atoms with Crippen LogP contribution in [0, 0.1) is 5.92 Å². The standard InChI is InChI=1S/C16H23NO3S/c1-16(2,3)21-11-14(18)17-10-13(15(19)20)9-12-7-5-4-6-8-12/h4-8,13H,9-11H2,1-3H3,(H,17,18)(H,19,20). The minimum atomic E-state index is -0.886. The fourth-order valence-electron chi connectivity index (χ4n) is 1.72. The lowest BCUT2D eigenvalue weighted by Gasteiger charge is -2.18. The number of rotatable bonds is 7. The lowest BCUT2D eigenvalue weighted by Crippen LogP contribution is -2.35. The Kier molecular flexibility index (Phi) is 6.75. The van der Waals surface area contributed by atoms with Crippen LogP contribution in [0.25, 0.3) is 0 Å². The van der Waals surface area contributed by atoms with Gasteiger partial charge in [-0.3, -0.25) is 9.59 Å². The minimum absolute atomic E-state index is 0.0214. The molecule has 1 atom stereocenters. The fourth-order valence-corrected chi connectivity index (χ4v) is 2.38. The molecule has 1 aromatic rings. The van der Waals surface area contributed by atoms with E-state index >= 15 is 0 Å². The monoisotopic (exact) mass is 309 g/mol. The Morgan fingerprint density at radius 2 is 1.86 bits per heavy atom. The third-order valence-electron chi connectivity index (χ3n) is 2.86. The van der Waals surface area contributed by atoms with Gasteiger partial charge in [0.15, 0.2) is 0 Å². The summed E-state index contributed by atoms with van der Waals surface area (Å²) in [6.07, 6.45) is 0.420. The molecule has 1 unspecified atom stereocenters. The maximum atomic E-state index is 11.7. The van der Waals surface area contributed by atoms with E-state index in [0.29, 0.717) is 12.2 Å². The molecule has 0 heterocycles. The second kappa shape index (κ2) is 8.08. The molecule has 2 N–H and O–H groups in total. The van der Waals surface area contributed by atoms with Crippen LogP contribution in [0.2, 0.25) is 0 Å². The third-order valence-corrected chi connectivity index (χ3v) is 4.13. The SMILES string of the molecule is CC(C)(C)SCC(=O)NCC(Cc1ccccc1)C(=O)O. The quantitative estimate of drug-likeness (QED) is 0.812. The summed E-state index contributed by atoms with van der Waals surface area (Å²) in [6, 6.07) is 9.45. The average molecular weight is 309 g/mol. The Balaban J connectivity index is 2.45. The van der Waals surface area contributed by atoms with Crippen LogP contribution in [-0.4, -0.2) is 34.0 Å². The molecule has 1 rings (SSSR count). The van der Waals surface area contributed by atoms with E-state index in [-0.39, 0.29) is 17.2 Å². The molecule has 0 radical (unpaired) electrons. The molecule has 0 spiro atoms. The van der Waals surface area contributed by atoms with Gasteiger partial charge in [-0.05, 0) is 12.0 Å². The van der Waals surface area contributed by atoms with Crippen molar-refractivity contribution < 1.29 is 14.7 Å². The van der Waals surface area contributed by atoms with Crippen molar-refractivity contribution in [2.45, 2.75) is 31.9 Å². The van der Waals surface area contributed by atoms with Gasteiger partial charge in [-0.1, -0.05) is 51.1 Å². The van der Waals surface area contributed by atoms with Gasteiger partial charge in [-0.25, -0.2) is 0 Å². The molecule has 5 heteroatoms. The van der Waals surface area contributed by atoms with Crippen LogP contribution in [0.1, 0.15) is 26.3 Å². The summed E-state index contributed by atoms with van der Waals surface area (Å²) in [5, 5.41) is 12.0. The van der Waals surface area contributed by atoms with E-state index in [1.807, 2.05) is 51.1 Å². The van der Waals surface area contributed by atoms with Gasteiger partial charge in [0.1, 0.15) is 0 Å². The predicted octanol–water partition coefficient (Wildman–Crippen LogP) is 2.58. The number of carbonyl (C=O) groups is 2. The highest BCUT2D eigenvalue weighted by Crippen LogP contribution is 2.22. The van der Waals surface area contributed by atoms with E-state index in [2.05, 4.69) is 5.32 Å². The summed E-state index contributed by atoms with van der Waals surface area (Å²) in [6.45, 7) is 6.29. The highest BCUT2D eigenvalue weighted by atomic mass is 32.2. The Hall–Kier alpha value is -1.49. The highest BCUT2D eigenvalue weighted by molar-refractivity contribution is 8.01. The zero-order valence-electron chi connectivity index (χ0n) is 12.8. The molecule has 4 nitrogen and oxygen atoms in total. The summed E-state index contributed by atoms with van der Waals surface area (Å²) in [5.41, 5.74) is 0.961. The van der Waals surface area contributed by atoms with E-state index < -0.39 is 11.9 Å². The maximum absolute atomic E-state index is 11.7. The summed E-state index contributed by atoms with van der Waals surface area (Å²) in [7, 11) is 0. The number of benzene rings is 1. The molecular formula is C16H23NO3S. The number of thioether (sulfide) groups is 1. The van der Waals surface area contributed by atoms with Gasteiger partial charge in [-0.2, -0.15) is 0 Å². The molecule has 0 aliphatic rings. The van der Waals surface area contributed by atoms with Gasteiger partial charge < -0.3 is 10.4 Å². The van der Waals surface area contributed by atoms with Crippen molar-refractivity contribution in [2.75, 3.05) is 12.3 Å². The average Bonchev–Trinajstić information content (AvgIpc) is 2.41. The van der Waals surface area contributed by atoms with Gasteiger partial charge in [0.25, 0.3) is 0 Å². The highest BCUT2D eigenvalue weighted by Gasteiger charge is 2.19. The first-order valence-electron chi connectivity index (χ1n) is 6.95. The molecule has 0 aliphatic heterocycles. The number of amides is 1. The first-order chi connectivity index (χ1) is 9.78. The molecule has 21 heavy (non-hydrogen) atoms. The molecule has 0 saturated heterocycles. The van der Waals surface area contributed by atoms with Crippen molar-refractivity contribution in [3.8, 4) is 0 Å². The van der Waals surface area contributed by atoms with Crippen molar-refractivity contribution in [3.05, 3.63) is 35.9 Å². The topological polar surface area (TPSA) is 66.4 Å². The molecule has 0 fully saturated rings. The number of aliphatic carboxylic acids is 1. The predicted molar refractivity (Wildman–Crippen MR) is 86.5 cm³/mol. The van der Waals surface area contributed by atoms with Gasteiger partial charge in [0, 0.05) is 11.3 Å². The van der Waals surface area contributed by atoms with Crippen LogP contribution in [0.3, 0.4) is 0 Å². The van der Waals surface area contributed by atoms with Gasteiger partial charge in [0.05, 0.1) is 11.7 Å². The van der Waals surface area contributed by atoms with Gasteiger partial charge in [-0.15, -0.1) is 11.8 Å². The molecule has 1 amide bonds. The van der Waals surface area contributed by atoms with Crippen LogP contribution in [0.15, 0.2) is 30.3 Å². The molecule has 0 aliphatic carbocycles. The molecular weight excluding hydrogens is 286 g/mol. The molecule has 0 saturated carbocycles.